The Balaban J connectivity index is 2.16. The van der Waals surface area contributed by atoms with E-state index in [4.69, 9.17) is 0 Å². The number of nitrogens with one attached hydrogen (secondary N) is 1. The van der Waals surface area contributed by atoms with Gasteiger partial charge in [-0.1, -0.05) is 6.07 Å². The Morgan fingerprint density at radius 1 is 1.22 bits per heavy atom. The molecule has 4 heteroatoms. The largest absolute Gasteiger partial charge is 0.322 e. The molecule has 1 heterocycles. The molecule has 0 aliphatic carbocycles. The van der Waals surface area contributed by atoms with Gasteiger partial charge in [-0.25, -0.2) is 0 Å². The molecular weight excluding hydrogens is 339 g/mol. The molecule has 1 amide bonds. The summed E-state index contributed by atoms with van der Waals surface area (Å²) >= 11 is 2.25. The van der Waals surface area contributed by atoms with Crippen molar-refractivity contribution in [3.05, 3.63) is 56.9 Å². The van der Waals surface area contributed by atoms with Crippen LogP contribution in [0.3, 0.4) is 0 Å². The summed E-state index contributed by atoms with van der Waals surface area (Å²) in [5.74, 6) is -0.137. The van der Waals surface area contributed by atoms with Crippen molar-refractivity contribution in [3.63, 3.8) is 0 Å². The lowest BCUT2D eigenvalue weighted by atomic mass is 10.2. The van der Waals surface area contributed by atoms with Crippen LogP contribution in [-0.4, -0.2) is 10.9 Å². The molecule has 2 rings (SSSR count). The second-order valence-electron chi connectivity index (χ2n) is 4.11. The molecular formula is C14H13IN2O. The summed E-state index contributed by atoms with van der Waals surface area (Å²) < 4.78 is 1.13. The zero-order valence-electron chi connectivity index (χ0n) is 10.2. The van der Waals surface area contributed by atoms with Crippen LogP contribution < -0.4 is 5.32 Å². The van der Waals surface area contributed by atoms with Gasteiger partial charge in [-0.2, -0.15) is 0 Å². The van der Waals surface area contributed by atoms with Gasteiger partial charge in [0.2, 0.25) is 0 Å². The van der Waals surface area contributed by atoms with Crippen molar-refractivity contribution in [2.24, 2.45) is 0 Å². The number of hydrogen-bond acceptors (Lipinski definition) is 2. The van der Waals surface area contributed by atoms with Crippen LogP contribution in [0.25, 0.3) is 0 Å². The minimum Gasteiger partial charge on any atom is -0.322 e. The number of carbonyl (C=O) groups is 1. The van der Waals surface area contributed by atoms with E-state index in [2.05, 4.69) is 32.9 Å². The Morgan fingerprint density at radius 2 is 2.00 bits per heavy atom. The highest BCUT2D eigenvalue weighted by molar-refractivity contribution is 14.1. The minimum absolute atomic E-state index is 0.137. The number of pyridine rings is 1. The monoisotopic (exact) mass is 352 g/mol. The maximum atomic E-state index is 12.0. The van der Waals surface area contributed by atoms with Gasteiger partial charge in [-0.3, -0.25) is 9.78 Å². The Morgan fingerprint density at radius 3 is 2.61 bits per heavy atom. The molecule has 0 aliphatic rings. The second kappa shape index (κ2) is 5.48. The SMILES string of the molecule is Cc1ccc(C(=O)Nc2ccc(C)c(I)c2)cn1. The first kappa shape index (κ1) is 13.0. The third-order valence-electron chi connectivity index (χ3n) is 2.60. The van der Waals surface area contributed by atoms with E-state index in [1.165, 1.54) is 5.56 Å². The summed E-state index contributed by atoms with van der Waals surface area (Å²) in [5, 5.41) is 2.86. The summed E-state index contributed by atoms with van der Waals surface area (Å²) in [6.07, 6.45) is 1.59. The van der Waals surface area contributed by atoms with Crippen molar-refractivity contribution in [1.82, 2.24) is 4.98 Å². The quantitative estimate of drug-likeness (QED) is 0.840. The maximum absolute atomic E-state index is 12.0. The van der Waals surface area contributed by atoms with Crippen LogP contribution in [0.2, 0.25) is 0 Å². The van der Waals surface area contributed by atoms with Crippen molar-refractivity contribution < 1.29 is 4.79 Å². The molecule has 1 aromatic heterocycles. The molecule has 92 valence electrons. The number of rotatable bonds is 2. The van der Waals surface area contributed by atoms with E-state index in [9.17, 15) is 4.79 Å². The normalized spacial score (nSPS) is 10.2. The van der Waals surface area contributed by atoms with Crippen LogP contribution in [0, 0.1) is 17.4 Å². The highest BCUT2D eigenvalue weighted by atomic mass is 127. The van der Waals surface area contributed by atoms with Gasteiger partial charge in [0.15, 0.2) is 0 Å². The average molecular weight is 352 g/mol. The molecule has 0 aliphatic heterocycles. The average Bonchev–Trinajstić information content (AvgIpc) is 2.34. The van der Waals surface area contributed by atoms with Gasteiger partial charge in [0.1, 0.15) is 0 Å². The predicted octanol–water partition coefficient (Wildman–Crippen LogP) is 3.56. The van der Waals surface area contributed by atoms with Gasteiger partial charge in [-0.05, 0) is 66.3 Å². The van der Waals surface area contributed by atoms with E-state index >= 15 is 0 Å². The molecule has 1 aromatic carbocycles. The maximum Gasteiger partial charge on any atom is 0.257 e. The number of carbonyl (C=O) groups excluding carboxylic acids is 1. The fourth-order valence-corrected chi connectivity index (χ4v) is 1.99. The minimum atomic E-state index is -0.137. The van der Waals surface area contributed by atoms with Crippen LogP contribution in [0.1, 0.15) is 21.6 Å². The molecule has 0 radical (unpaired) electrons. The molecule has 0 spiro atoms. The van der Waals surface area contributed by atoms with Crippen molar-refractivity contribution in [3.8, 4) is 0 Å². The van der Waals surface area contributed by atoms with E-state index in [1.54, 1.807) is 12.3 Å². The summed E-state index contributed by atoms with van der Waals surface area (Å²) in [4.78, 5) is 16.1. The Kier molecular flexibility index (Phi) is 3.96. The first-order chi connectivity index (χ1) is 8.56. The van der Waals surface area contributed by atoms with E-state index in [0.29, 0.717) is 5.56 Å². The van der Waals surface area contributed by atoms with Crippen LogP contribution in [-0.2, 0) is 0 Å². The lowest BCUT2D eigenvalue weighted by molar-refractivity contribution is 0.102. The van der Waals surface area contributed by atoms with Crippen molar-refractivity contribution >= 4 is 34.2 Å². The highest BCUT2D eigenvalue weighted by Gasteiger charge is 2.06. The first-order valence-electron chi connectivity index (χ1n) is 5.56. The molecule has 0 unspecified atom stereocenters. The van der Waals surface area contributed by atoms with E-state index in [-0.39, 0.29) is 5.91 Å². The standard InChI is InChI=1S/C14H13IN2O/c1-9-3-6-12(7-13(9)15)17-14(18)11-5-4-10(2)16-8-11/h3-8H,1-2H3,(H,17,18). The Labute approximate surface area is 120 Å². The van der Waals surface area contributed by atoms with Gasteiger partial charge in [0, 0.05) is 21.1 Å². The van der Waals surface area contributed by atoms with Gasteiger partial charge in [0.25, 0.3) is 5.91 Å². The Hall–Kier alpha value is -1.43. The molecule has 0 saturated heterocycles. The fraction of sp³-hybridized carbons (Fsp3) is 0.143. The lowest BCUT2D eigenvalue weighted by Gasteiger charge is -2.07. The fourth-order valence-electron chi connectivity index (χ4n) is 1.48. The zero-order valence-corrected chi connectivity index (χ0v) is 12.4. The molecule has 0 fully saturated rings. The van der Waals surface area contributed by atoms with Gasteiger partial charge in [-0.15, -0.1) is 0 Å². The molecule has 0 saturated carbocycles. The number of anilines is 1. The zero-order chi connectivity index (χ0) is 13.1. The first-order valence-corrected chi connectivity index (χ1v) is 6.64. The summed E-state index contributed by atoms with van der Waals surface area (Å²) in [6.45, 7) is 3.93. The smallest absolute Gasteiger partial charge is 0.257 e. The van der Waals surface area contributed by atoms with Gasteiger partial charge in [0.05, 0.1) is 5.56 Å². The Bertz CT molecular complexity index is 579. The van der Waals surface area contributed by atoms with Crippen LogP contribution in [0.15, 0.2) is 36.5 Å². The van der Waals surface area contributed by atoms with E-state index in [1.807, 2.05) is 38.1 Å². The number of nitrogens with zero attached hydrogens (tertiary/aromatic N) is 1. The number of amides is 1. The summed E-state index contributed by atoms with van der Waals surface area (Å²) in [5.41, 5.74) is 3.47. The molecule has 2 aromatic rings. The van der Waals surface area contributed by atoms with Gasteiger partial charge >= 0.3 is 0 Å². The predicted molar refractivity (Wildman–Crippen MR) is 80.8 cm³/mol. The molecule has 1 N–H and O–H groups in total. The molecule has 0 atom stereocenters. The summed E-state index contributed by atoms with van der Waals surface area (Å²) in [6, 6.07) is 9.45. The summed E-state index contributed by atoms with van der Waals surface area (Å²) in [7, 11) is 0. The molecule has 18 heavy (non-hydrogen) atoms. The van der Waals surface area contributed by atoms with Crippen molar-refractivity contribution in [2.75, 3.05) is 5.32 Å². The second-order valence-corrected chi connectivity index (χ2v) is 5.27. The number of benzene rings is 1. The number of halogens is 1. The topological polar surface area (TPSA) is 42.0 Å². The molecule has 3 nitrogen and oxygen atoms in total. The number of aromatic nitrogens is 1. The van der Waals surface area contributed by atoms with Crippen LogP contribution >= 0.6 is 22.6 Å². The third-order valence-corrected chi connectivity index (χ3v) is 3.77. The molecule has 0 bridgehead atoms. The van der Waals surface area contributed by atoms with Crippen LogP contribution in [0.5, 0.6) is 0 Å². The van der Waals surface area contributed by atoms with Gasteiger partial charge < -0.3 is 5.32 Å². The van der Waals surface area contributed by atoms with E-state index in [0.717, 1.165) is 15.0 Å². The van der Waals surface area contributed by atoms with Crippen molar-refractivity contribution in [2.45, 2.75) is 13.8 Å². The van der Waals surface area contributed by atoms with E-state index < -0.39 is 0 Å². The lowest BCUT2D eigenvalue weighted by Crippen LogP contribution is -2.12. The van der Waals surface area contributed by atoms with Crippen LogP contribution in [0.4, 0.5) is 5.69 Å². The van der Waals surface area contributed by atoms with Crippen molar-refractivity contribution in [1.29, 1.82) is 0 Å². The third kappa shape index (κ3) is 3.07. The number of aryl methyl sites for hydroxylation is 2. The number of hydrogen-bond donors (Lipinski definition) is 1. The highest BCUT2D eigenvalue weighted by Crippen LogP contribution is 2.17.